The van der Waals surface area contributed by atoms with Gasteiger partial charge in [-0.15, -0.1) is 0 Å². The summed E-state index contributed by atoms with van der Waals surface area (Å²) in [6, 6.07) is 18.5. The monoisotopic (exact) mass is 497 g/mol. The van der Waals surface area contributed by atoms with Crippen molar-refractivity contribution in [3.8, 4) is 0 Å². The summed E-state index contributed by atoms with van der Waals surface area (Å²) in [5.74, 6) is -0.882. The van der Waals surface area contributed by atoms with Gasteiger partial charge < -0.3 is 28.4 Å². The molecule has 5 rings (SSSR count). The lowest BCUT2D eigenvalue weighted by Gasteiger charge is -2.51. The number of nitrogens with zero attached hydrogens (tertiary/aromatic N) is 1. The molecule has 5 atom stereocenters. The molecule has 2 aromatic carbocycles. The summed E-state index contributed by atoms with van der Waals surface area (Å²) in [7, 11) is 0. The normalized spacial score (nSPS) is 28.6. The van der Waals surface area contributed by atoms with Crippen molar-refractivity contribution in [1.82, 2.24) is 4.90 Å². The Labute approximate surface area is 210 Å². The zero-order valence-electron chi connectivity index (χ0n) is 20.4. The van der Waals surface area contributed by atoms with Crippen LogP contribution >= 0.6 is 0 Å². The average molecular weight is 498 g/mol. The predicted molar refractivity (Wildman–Crippen MR) is 127 cm³/mol. The number of benzene rings is 2. The van der Waals surface area contributed by atoms with E-state index >= 15 is 0 Å². The van der Waals surface area contributed by atoms with Gasteiger partial charge in [-0.3, -0.25) is 4.90 Å². The van der Waals surface area contributed by atoms with Crippen molar-refractivity contribution in [2.45, 2.75) is 69.7 Å². The van der Waals surface area contributed by atoms with E-state index in [0.29, 0.717) is 6.54 Å². The highest BCUT2D eigenvalue weighted by atomic mass is 16.8. The lowest BCUT2D eigenvalue weighted by atomic mass is 9.90. The van der Waals surface area contributed by atoms with Gasteiger partial charge in [0.25, 0.3) is 0 Å². The number of carbonyl (C=O) groups excluding carboxylic acids is 2. The van der Waals surface area contributed by atoms with Crippen LogP contribution in [0.1, 0.15) is 31.4 Å². The quantitative estimate of drug-likeness (QED) is 0.548. The molecule has 3 heterocycles. The van der Waals surface area contributed by atoms with Crippen molar-refractivity contribution >= 4 is 12.3 Å². The van der Waals surface area contributed by atoms with Gasteiger partial charge in [0.05, 0.1) is 12.1 Å². The van der Waals surface area contributed by atoms with E-state index in [4.69, 9.17) is 28.4 Å². The minimum atomic E-state index is -0.887. The third-order valence-electron chi connectivity index (χ3n) is 6.68. The summed E-state index contributed by atoms with van der Waals surface area (Å²) in [6.07, 6.45) is -3.21. The molecule has 3 aliphatic rings. The highest BCUT2D eigenvalue weighted by Gasteiger charge is 2.58. The highest BCUT2D eigenvalue weighted by Crippen LogP contribution is 2.41. The van der Waals surface area contributed by atoms with Crippen molar-refractivity contribution in [3.63, 3.8) is 0 Å². The molecular weight excluding hydrogens is 466 g/mol. The van der Waals surface area contributed by atoms with Crippen LogP contribution in [-0.4, -0.2) is 66.5 Å². The molecule has 0 unspecified atom stereocenters. The molecule has 36 heavy (non-hydrogen) atoms. The van der Waals surface area contributed by atoms with Crippen LogP contribution in [0.2, 0.25) is 0 Å². The molecular formula is C27H31NO8. The molecule has 0 bridgehead atoms. The van der Waals surface area contributed by atoms with Crippen LogP contribution in [0.4, 0.5) is 9.59 Å². The largest absolute Gasteiger partial charge is 0.509 e. The molecule has 0 spiro atoms. The third kappa shape index (κ3) is 5.64. The maximum Gasteiger partial charge on any atom is 0.509 e. The summed E-state index contributed by atoms with van der Waals surface area (Å²) < 4.78 is 34.5. The molecule has 3 saturated heterocycles. The van der Waals surface area contributed by atoms with E-state index in [2.05, 4.69) is 4.90 Å². The molecule has 192 valence electrons. The van der Waals surface area contributed by atoms with Crippen LogP contribution in [0.15, 0.2) is 60.7 Å². The molecule has 3 fully saturated rings. The highest BCUT2D eigenvalue weighted by molar-refractivity contribution is 5.62. The van der Waals surface area contributed by atoms with Crippen molar-refractivity contribution in [2.24, 2.45) is 0 Å². The zero-order chi connectivity index (χ0) is 25.1. The Kier molecular flexibility index (Phi) is 7.13. The first-order valence-electron chi connectivity index (χ1n) is 12.2. The molecule has 2 aromatic rings. The number of carbonyl (C=O) groups is 2. The number of ether oxygens (including phenoxy) is 6. The van der Waals surface area contributed by atoms with Gasteiger partial charge in [-0.05, 0) is 31.4 Å². The van der Waals surface area contributed by atoms with Crippen molar-refractivity contribution in [1.29, 1.82) is 0 Å². The number of piperidine rings is 1. The van der Waals surface area contributed by atoms with Crippen molar-refractivity contribution in [3.05, 3.63) is 71.8 Å². The Bertz CT molecular complexity index is 1050. The predicted octanol–water partition coefficient (Wildman–Crippen LogP) is 4.04. The summed E-state index contributed by atoms with van der Waals surface area (Å²) in [5.41, 5.74) is 1.67. The Morgan fingerprint density at radius 3 is 2.08 bits per heavy atom. The van der Waals surface area contributed by atoms with Gasteiger partial charge in [0.15, 0.2) is 18.0 Å². The van der Waals surface area contributed by atoms with Crippen LogP contribution in [0.3, 0.4) is 0 Å². The lowest BCUT2D eigenvalue weighted by Crippen LogP contribution is -2.68. The summed E-state index contributed by atoms with van der Waals surface area (Å²) in [6.45, 7) is 4.92. The fourth-order valence-electron chi connectivity index (χ4n) is 5.19. The topological polar surface area (TPSA) is 92.8 Å². The average Bonchev–Trinajstić information content (AvgIpc) is 3.26. The third-order valence-corrected chi connectivity index (χ3v) is 6.68. The Morgan fingerprint density at radius 2 is 1.47 bits per heavy atom. The number of rotatable bonds is 6. The summed E-state index contributed by atoms with van der Waals surface area (Å²) in [5, 5.41) is 0. The molecule has 0 saturated carbocycles. The van der Waals surface area contributed by atoms with Crippen molar-refractivity contribution < 1.29 is 38.0 Å². The van der Waals surface area contributed by atoms with Gasteiger partial charge in [0, 0.05) is 13.1 Å². The fourth-order valence-corrected chi connectivity index (χ4v) is 5.19. The second kappa shape index (κ2) is 10.5. The SMILES string of the molecule is CC1(C)O[C@H]2[C@H](OC(=O)OCc3ccccc3)[C@@H](OC(=O)OCc3ccccc3)CN3CC[C@H](O1)[C@H]23. The van der Waals surface area contributed by atoms with E-state index in [1.807, 2.05) is 74.5 Å². The molecule has 3 aliphatic heterocycles. The van der Waals surface area contributed by atoms with E-state index in [1.54, 1.807) is 0 Å². The number of hydrogen-bond donors (Lipinski definition) is 0. The molecule has 0 radical (unpaired) electrons. The van der Waals surface area contributed by atoms with E-state index in [0.717, 1.165) is 24.1 Å². The second-order valence-corrected chi connectivity index (χ2v) is 9.70. The van der Waals surface area contributed by atoms with Gasteiger partial charge in [0.1, 0.15) is 19.3 Å². The Hall–Kier alpha value is -3.14. The van der Waals surface area contributed by atoms with E-state index < -0.39 is 36.4 Å². The summed E-state index contributed by atoms with van der Waals surface area (Å²) >= 11 is 0. The maximum absolute atomic E-state index is 12.7. The Balaban J connectivity index is 1.29. The van der Waals surface area contributed by atoms with Gasteiger partial charge in [-0.25, -0.2) is 9.59 Å². The van der Waals surface area contributed by atoms with Crippen LogP contribution in [0.5, 0.6) is 0 Å². The maximum atomic E-state index is 12.7. The van der Waals surface area contributed by atoms with E-state index in [-0.39, 0.29) is 25.4 Å². The van der Waals surface area contributed by atoms with Gasteiger partial charge in [-0.1, -0.05) is 60.7 Å². The molecule has 0 amide bonds. The van der Waals surface area contributed by atoms with Crippen LogP contribution < -0.4 is 0 Å². The van der Waals surface area contributed by atoms with Gasteiger partial charge in [-0.2, -0.15) is 0 Å². The first-order valence-corrected chi connectivity index (χ1v) is 12.2. The molecule has 9 heteroatoms. The minimum Gasteiger partial charge on any atom is -0.429 e. The van der Waals surface area contributed by atoms with Crippen LogP contribution in [0, 0.1) is 0 Å². The van der Waals surface area contributed by atoms with Crippen LogP contribution in [0.25, 0.3) is 0 Å². The second-order valence-electron chi connectivity index (χ2n) is 9.70. The lowest BCUT2D eigenvalue weighted by molar-refractivity contribution is -0.338. The Morgan fingerprint density at radius 1 is 0.889 bits per heavy atom. The molecule has 0 aromatic heterocycles. The zero-order valence-corrected chi connectivity index (χ0v) is 20.4. The molecule has 9 nitrogen and oxygen atoms in total. The van der Waals surface area contributed by atoms with Crippen molar-refractivity contribution in [2.75, 3.05) is 13.1 Å². The van der Waals surface area contributed by atoms with E-state index in [1.165, 1.54) is 0 Å². The molecule has 0 aliphatic carbocycles. The summed E-state index contributed by atoms with van der Waals surface area (Å²) in [4.78, 5) is 27.5. The fraction of sp³-hybridized carbons (Fsp3) is 0.481. The first-order chi connectivity index (χ1) is 17.4. The standard InChI is InChI=1S/C27H31NO8/c1-27(2)35-20-13-14-28-15-21(33-25(29)31-16-18-9-5-3-6-10-18)23(24(36-27)22(20)28)34-26(30)32-17-19-11-7-4-8-12-19/h3-12,20-24H,13-17H2,1-2H3/t20-,21-,22+,23+,24+/m0/s1. The molecule has 0 N–H and O–H groups in total. The van der Waals surface area contributed by atoms with Gasteiger partial charge in [0.2, 0.25) is 0 Å². The first kappa shape index (κ1) is 24.5. The van der Waals surface area contributed by atoms with Gasteiger partial charge >= 0.3 is 12.3 Å². The van der Waals surface area contributed by atoms with Crippen LogP contribution in [-0.2, 0) is 41.6 Å². The number of hydrogen-bond acceptors (Lipinski definition) is 9. The van der Waals surface area contributed by atoms with E-state index in [9.17, 15) is 9.59 Å². The smallest absolute Gasteiger partial charge is 0.429 e. The minimum absolute atomic E-state index is 0.0648.